The smallest absolute Gasteiger partial charge is 0.00355 e. The van der Waals surface area contributed by atoms with Crippen molar-refractivity contribution in [2.75, 3.05) is 0 Å². The van der Waals surface area contributed by atoms with Crippen molar-refractivity contribution in [1.29, 1.82) is 0 Å². The number of hydrogen-bond acceptors (Lipinski definition) is 0. The predicted octanol–water partition coefficient (Wildman–Crippen LogP) is 3.15. The third-order valence-corrected chi connectivity index (χ3v) is 2.16. The molecule has 0 aromatic rings. The molecule has 0 amide bonds. The van der Waals surface area contributed by atoms with Gasteiger partial charge in [0.25, 0.3) is 0 Å². The second kappa shape index (κ2) is 3.08. The molecular formula is C11H15. The van der Waals surface area contributed by atoms with E-state index in [4.69, 9.17) is 0 Å². The van der Waals surface area contributed by atoms with Crippen molar-refractivity contribution in [2.24, 2.45) is 11.3 Å². The van der Waals surface area contributed by atoms with E-state index in [1.807, 2.05) is 6.08 Å². The van der Waals surface area contributed by atoms with Gasteiger partial charge in [0.1, 0.15) is 0 Å². The Morgan fingerprint density at radius 2 is 2.09 bits per heavy atom. The van der Waals surface area contributed by atoms with Gasteiger partial charge in [0.15, 0.2) is 0 Å². The first-order valence-electron chi connectivity index (χ1n) is 3.99. The summed E-state index contributed by atoms with van der Waals surface area (Å²) in [5.74, 6) is 0.505. The minimum absolute atomic E-state index is 0.253. The molecule has 0 nitrogen and oxygen atoms in total. The van der Waals surface area contributed by atoms with Gasteiger partial charge in [-0.25, -0.2) is 0 Å². The molecule has 1 atom stereocenters. The molecule has 0 N–H and O–H groups in total. The van der Waals surface area contributed by atoms with Crippen LogP contribution in [0, 0.1) is 18.3 Å². The molecule has 59 valence electrons. The summed E-state index contributed by atoms with van der Waals surface area (Å²) in [4.78, 5) is 0. The Morgan fingerprint density at radius 1 is 1.36 bits per heavy atom. The largest absolute Gasteiger partial charge is 0.0876 e. The molecule has 0 heteroatoms. The van der Waals surface area contributed by atoms with Crippen LogP contribution in [0.4, 0.5) is 0 Å². The summed E-state index contributed by atoms with van der Waals surface area (Å²) in [6.45, 7) is 8.17. The highest BCUT2D eigenvalue weighted by Gasteiger charge is 2.23. The van der Waals surface area contributed by atoms with Crippen molar-refractivity contribution in [3.05, 3.63) is 43.4 Å². The quantitative estimate of drug-likeness (QED) is 0.534. The van der Waals surface area contributed by atoms with Crippen molar-refractivity contribution in [3.8, 4) is 0 Å². The van der Waals surface area contributed by atoms with Crippen molar-refractivity contribution < 1.29 is 0 Å². The molecule has 0 aromatic carbocycles. The number of allylic oxidation sites excluding steroid dienone is 6. The van der Waals surface area contributed by atoms with Gasteiger partial charge in [0.2, 0.25) is 0 Å². The summed E-state index contributed by atoms with van der Waals surface area (Å²) < 4.78 is 0. The molecule has 0 heterocycles. The highest BCUT2D eigenvalue weighted by molar-refractivity contribution is 5.22. The van der Waals surface area contributed by atoms with E-state index in [2.05, 4.69) is 51.2 Å². The van der Waals surface area contributed by atoms with Gasteiger partial charge in [0, 0.05) is 5.92 Å². The summed E-state index contributed by atoms with van der Waals surface area (Å²) in [6.07, 6.45) is 12.7. The van der Waals surface area contributed by atoms with Crippen LogP contribution in [-0.4, -0.2) is 0 Å². The summed E-state index contributed by atoms with van der Waals surface area (Å²) in [6, 6.07) is 0. The van der Waals surface area contributed by atoms with Crippen LogP contribution in [0.25, 0.3) is 0 Å². The molecule has 1 rings (SSSR count). The second-order valence-electron chi connectivity index (χ2n) is 3.52. The highest BCUT2D eigenvalue weighted by atomic mass is 14.3. The molecule has 0 fully saturated rings. The van der Waals surface area contributed by atoms with Crippen molar-refractivity contribution >= 4 is 0 Å². The summed E-state index contributed by atoms with van der Waals surface area (Å²) in [5.41, 5.74) is 0.253. The molecule has 0 saturated carbocycles. The average Bonchev–Trinajstić information content (AvgIpc) is 1.94. The molecule has 0 bridgehead atoms. The van der Waals surface area contributed by atoms with E-state index in [1.165, 1.54) is 0 Å². The monoisotopic (exact) mass is 147 g/mol. The fourth-order valence-corrected chi connectivity index (χ4v) is 1.31. The predicted molar refractivity (Wildman–Crippen MR) is 50.0 cm³/mol. The standard InChI is InChI=1S/C11H15/c1-4-7-10-8-5-6-9-11(10,2)3/h4-10H,1H2,2-3H3/b7-4+. The lowest BCUT2D eigenvalue weighted by molar-refractivity contribution is 0.397. The maximum absolute atomic E-state index is 3.71. The van der Waals surface area contributed by atoms with E-state index in [9.17, 15) is 0 Å². The minimum Gasteiger partial charge on any atom is -0.0876 e. The van der Waals surface area contributed by atoms with Crippen LogP contribution >= 0.6 is 0 Å². The molecule has 1 aliphatic rings. The van der Waals surface area contributed by atoms with E-state index >= 15 is 0 Å². The van der Waals surface area contributed by atoms with Crippen LogP contribution in [0.3, 0.4) is 0 Å². The molecule has 0 spiro atoms. The molecule has 0 aliphatic heterocycles. The van der Waals surface area contributed by atoms with Crippen LogP contribution in [-0.2, 0) is 0 Å². The first-order valence-corrected chi connectivity index (χ1v) is 3.99. The fourth-order valence-electron chi connectivity index (χ4n) is 1.31. The van der Waals surface area contributed by atoms with Crippen LogP contribution < -0.4 is 0 Å². The third-order valence-electron chi connectivity index (χ3n) is 2.16. The van der Waals surface area contributed by atoms with E-state index in [-0.39, 0.29) is 5.41 Å². The van der Waals surface area contributed by atoms with Crippen molar-refractivity contribution in [3.63, 3.8) is 0 Å². The zero-order chi connectivity index (χ0) is 8.32. The van der Waals surface area contributed by atoms with Gasteiger partial charge in [-0.05, 0) is 12.3 Å². The van der Waals surface area contributed by atoms with E-state index in [1.54, 1.807) is 0 Å². The zero-order valence-corrected chi connectivity index (χ0v) is 7.25. The Morgan fingerprint density at radius 3 is 2.64 bits per heavy atom. The Hall–Kier alpha value is -0.780. The van der Waals surface area contributed by atoms with Crippen molar-refractivity contribution in [2.45, 2.75) is 13.8 Å². The topological polar surface area (TPSA) is 0 Å². The summed E-state index contributed by atoms with van der Waals surface area (Å²) >= 11 is 0. The first-order chi connectivity index (χ1) is 5.17. The van der Waals surface area contributed by atoms with Gasteiger partial charge in [0.05, 0.1) is 0 Å². The maximum Gasteiger partial charge on any atom is 0.00355 e. The van der Waals surface area contributed by atoms with Gasteiger partial charge < -0.3 is 0 Å². The fraction of sp³-hybridized carbons (Fsp3) is 0.364. The Kier molecular flexibility index (Phi) is 2.33. The first kappa shape index (κ1) is 8.32. The van der Waals surface area contributed by atoms with Crippen LogP contribution in [0.2, 0.25) is 0 Å². The third kappa shape index (κ3) is 1.83. The van der Waals surface area contributed by atoms with Crippen LogP contribution in [0.5, 0.6) is 0 Å². The highest BCUT2D eigenvalue weighted by Crippen LogP contribution is 2.33. The van der Waals surface area contributed by atoms with E-state index < -0.39 is 0 Å². The van der Waals surface area contributed by atoms with E-state index in [0.717, 1.165) is 0 Å². The van der Waals surface area contributed by atoms with Gasteiger partial charge in [-0.3, -0.25) is 0 Å². The van der Waals surface area contributed by atoms with Crippen LogP contribution in [0.1, 0.15) is 13.8 Å². The normalized spacial score (nSPS) is 28.1. The molecule has 0 saturated heterocycles. The molecule has 11 heavy (non-hydrogen) atoms. The average molecular weight is 147 g/mol. The van der Waals surface area contributed by atoms with Crippen LogP contribution in [0.15, 0.2) is 36.5 Å². The van der Waals surface area contributed by atoms with Crippen molar-refractivity contribution in [1.82, 2.24) is 0 Å². The van der Waals surface area contributed by atoms with Gasteiger partial charge in [-0.15, -0.1) is 0 Å². The molecule has 1 unspecified atom stereocenters. The summed E-state index contributed by atoms with van der Waals surface area (Å²) in [5, 5.41) is 0. The molecular weight excluding hydrogens is 132 g/mol. The molecule has 1 aliphatic carbocycles. The number of rotatable bonds is 1. The Bertz CT molecular complexity index is 204. The minimum atomic E-state index is 0.253. The maximum atomic E-state index is 3.71. The SMILES string of the molecule is [CH2]/C=C/C1C=CC=CC1(C)C. The summed E-state index contributed by atoms with van der Waals surface area (Å²) in [7, 11) is 0. The van der Waals surface area contributed by atoms with Gasteiger partial charge in [-0.1, -0.05) is 50.3 Å². The molecule has 0 aromatic heterocycles. The number of hydrogen-bond donors (Lipinski definition) is 0. The lowest BCUT2D eigenvalue weighted by Crippen LogP contribution is -2.19. The van der Waals surface area contributed by atoms with Gasteiger partial charge >= 0.3 is 0 Å². The van der Waals surface area contributed by atoms with E-state index in [0.29, 0.717) is 5.92 Å². The lowest BCUT2D eigenvalue weighted by atomic mass is 9.76. The lowest BCUT2D eigenvalue weighted by Gasteiger charge is -2.28. The Labute approximate surface area is 69.3 Å². The van der Waals surface area contributed by atoms with Gasteiger partial charge in [-0.2, -0.15) is 0 Å². The molecule has 1 radical (unpaired) electrons. The zero-order valence-electron chi connectivity index (χ0n) is 7.25. The second-order valence-corrected chi connectivity index (χ2v) is 3.52. The Balaban J connectivity index is 2.80.